The molecule has 138 valence electrons. The van der Waals surface area contributed by atoms with Gasteiger partial charge in [-0.1, -0.05) is 24.3 Å². The molecule has 1 aromatic heterocycles. The lowest BCUT2D eigenvalue weighted by Gasteiger charge is -2.35. The number of piperidine rings is 1. The molecule has 2 saturated heterocycles. The molecule has 2 unspecified atom stereocenters. The van der Waals surface area contributed by atoms with Gasteiger partial charge in [0.1, 0.15) is 0 Å². The molecule has 0 spiro atoms. The van der Waals surface area contributed by atoms with E-state index in [-0.39, 0.29) is 18.3 Å². The minimum Gasteiger partial charge on any atom is -0.338 e. The molecule has 5 rings (SSSR count). The number of carbonyl (C=O) groups excluding carboxylic acids is 1. The Morgan fingerprint density at radius 2 is 1.81 bits per heavy atom. The summed E-state index contributed by atoms with van der Waals surface area (Å²) in [5.41, 5.74) is 4.10. The minimum atomic E-state index is 0. The first-order valence-corrected chi connectivity index (χ1v) is 10.2. The number of aryl methyl sites for hydroxylation is 2. The summed E-state index contributed by atoms with van der Waals surface area (Å²) in [6.45, 7) is 0. The summed E-state index contributed by atoms with van der Waals surface area (Å²) >= 11 is 1.69. The van der Waals surface area contributed by atoms with E-state index in [2.05, 4.69) is 35.6 Å². The SMILES string of the molecule is CN(C(=O)c1cc2c(s1)-c1ccccc1CC2)C1CC2CCC(C1)N2.Cl. The molecule has 3 aliphatic rings. The molecule has 1 N–H and O–H groups in total. The van der Waals surface area contributed by atoms with E-state index < -0.39 is 0 Å². The van der Waals surface area contributed by atoms with Gasteiger partial charge in [-0.25, -0.2) is 0 Å². The molecular weight excluding hydrogens is 364 g/mol. The van der Waals surface area contributed by atoms with Crippen molar-refractivity contribution in [3.8, 4) is 10.4 Å². The van der Waals surface area contributed by atoms with Crippen LogP contribution in [0.25, 0.3) is 10.4 Å². The second kappa shape index (κ2) is 6.99. The number of hydrogen-bond donors (Lipinski definition) is 1. The van der Waals surface area contributed by atoms with Crippen molar-refractivity contribution in [3.05, 3.63) is 46.3 Å². The van der Waals surface area contributed by atoms with Gasteiger partial charge in [-0.05, 0) is 61.3 Å². The predicted octanol–water partition coefficient (Wildman–Crippen LogP) is 4.29. The van der Waals surface area contributed by atoms with E-state index in [0.717, 1.165) is 30.6 Å². The summed E-state index contributed by atoms with van der Waals surface area (Å²) in [6, 6.07) is 12.4. The number of amides is 1. The van der Waals surface area contributed by atoms with Crippen molar-refractivity contribution < 1.29 is 4.79 Å². The normalized spacial score (nSPS) is 25.8. The minimum absolute atomic E-state index is 0. The van der Waals surface area contributed by atoms with Crippen LogP contribution in [0.15, 0.2) is 30.3 Å². The van der Waals surface area contributed by atoms with Gasteiger partial charge >= 0.3 is 0 Å². The zero-order valence-corrected chi connectivity index (χ0v) is 16.7. The number of hydrogen-bond acceptors (Lipinski definition) is 3. The van der Waals surface area contributed by atoms with Crippen LogP contribution in [0, 0.1) is 0 Å². The smallest absolute Gasteiger partial charge is 0.263 e. The van der Waals surface area contributed by atoms with Crippen molar-refractivity contribution in [1.82, 2.24) is 10.2 Å². The highest BCUT2D eigenvalue weighted by Gasteiger charge is 2.37. The lowest BCUT2D eigenvalue weighted by atomic mass is 9.91. The molecule has 26 heavy (non-hydrogen) atoms. The zero-order chi connectivity index (χ0) is 17.0. The average molecular weight is 389 g/mol. The fraction of sp³-hybridized carbons (Fsp3) is 0.476. The highest BCUT2D eigenvalue weighted by Crippen LogP contribution is 2.40. The molecule has 1 aliphatic carbocycles. The number of nitrogens with one attached hydrogen (secondary N) is 1. The summed E-state index contributed by atoms with van der Waals surface area (Å²) in [5.74, 6) is 0.211. The molecule has 2 atom stereocenters. The Morgan fingerprint density at radius 3 is 2.58 bits per heavy atom. The van der Waals surface area contributed by atoms with Crippen molar-refractivity contribution in [2.75, 3.05) is 7.05 Å². The van der Waals surface area contributed by atoms with Crippen LogP contribution >= 0.6 is 23.7 Å². The van der Waals surface area contributed by atoms with Crippen LogP contribution in [-0.4, -0.2) is 36.0 Å². The monoisotopic (exact) mass is 388 g/mol. The molecule has 0 saturated carbocycles. The summed E-state index contributed by atoms with van der Waals surface area (Å²) in [6.07, 6.45) is 6.89. The molecule has 2 bridgehead atoms. The van der Waals surface area contributed by atoms with Gasteiger partial charge in [0.05, 0.1) is 4.88 Å². The Morgan fingerprint density at radius 1 is 1.12 bits per heavy atom. The molecule has 1 amide bonds. The van der Waals surface area contributed by atoms with Crippen LogP contribution < -0.4 is 5.32 Å². The maximum absolute atomic E-state index is 13.1. The van der Waals surface area contributed by atoms with Crippen molar-refractivity contribution >= 4 is 29.7 Å². The van der Waals surface area contributed by atoms with Crippen molar-refractivity contribution in [2.45, 2.75) is 56.7 Å². The van der Waals surface area contributed by atoms with Gasteiger partial charge in [0.15, 0.2) is 0 Å². The fourth-order valence-electron chi connectivity index (χ4n) is 4.86. The summed E-state index contributed by atoms with van der Waals surface area (Å²) in [5, 5.41) is 3.67. The number of carbonyl (C=O) groups is 1. The number of nitrogens with zero attached hydrogens (tertiary/aromatic N) is 1. The molecule has 2 fully saturated rings. The van der Waals surface area contributed by atoms with Gasteiger partial charge in [0.25, 0.3) is 5.91 Å². The molecule has 2 aliphatic heterocycles. The van der Waals surface area contributed by atoms with E-state index in [4.69, 9.17) is 0 Å². The van der Waals surface area contributed by atoms with E-state index in [0.29, 0.717) is 18.1 Å². The lowest BCUT2D eigenvalue weighted by molar-refractivity contribution is 0.0686. The van der Waals surface area contributed by atoms with Gasteiger partial charge < -0.3 is 10.2 Å². The number of fused-ring (bicyclic) bond motifs is 5. The third-order valence-electron chi connectivity index (χ3n) is 6.26. The van der Waals surface area contributed by atoms with Crippen LogP contribution in [0.5, 0.6) is 0 Å². The van der Waals surface area contributed by atoms with Crippen LogP contribution in [0.3, 0.4) is 0 Å². The number of halogens is 1. The molecule has 0 radical (unpaired) electrons. The standard InChI is InChI=1S/C21H24N2OS.ClH/c1-23(17-11-15-8-9-16(12-17)22-15)21(24)19-10-14-7-6-13-4-2-3-5-18(13)20(14)25-19;/h2-5,10,15-17,22H,6-9,11-12H2,1H3;1H. The Hall–Kier alpha value is -1.36. The van der Waals surface area contributed by atoms with Crippen LogP contribution in [-0.2, 0) is 12.8 Å². The van der Waals surface area contributed by atoms with Crippen molar-refractivity contribution in [1.29, 1.82) is 0 Å². The lowest BCUT2D eigenvalue weighted by Crippen LogP contribution is -2.48. The second-order valence-electron chi connectivity index (χ2n) is 7.80. The number of rotatable bonds is 2. The van der Waals surface area contributed by atoms with Gasteiger partial charge in [-0.3, -0.25) is 4.79 Å². The fourth-order valence-corrected chi connectivity index (χ4v) is 6.11. The van der Waals surface area contributed by atoms with Gasteiger partial charge in [0, 0.05) is 30.1 Å². The molecule has 2 aromatic rings. The Balaban J connectivity index is 0.00000168. The topological polar surface area (TPSA) is 32.3 Å². The summed E-state index contributed by atoms with van der Waals surface area (Å²) < 4.78 is 0. The summed E-state index contributed by atoms with van der Waals surface area (Å²) in [7, 11) is 2.00. The highest BCUT2D eigenvalue weighted by atomic mass is 35.5. The van der Waals surface area contributed by atoms with Gasteiger partial charge in [-0.15, -0.1) is 23.7 Å². The average Bonchev–Trinajstić information content (AvgIpc) is 3.23. The van der Waals surface area contributed by atoms with Crippen molar-refractivity contribution in [2.24, 2.45) is 0 Å². The first-order chi connectivity index (χ1) is 12.2. The van der Waals surface area contributed by atoms with Gasteiger partial charge in [-0.2, -0.15) is 0 Å². The van der Waals surface area contributed by atoms with E-state index in [1.807, 2.05) is 11.9 Å². The van der Waals surface area contributed by atoms with Gasteiger partial charge in [0.2, 0.25) is 0 Å². The van der Waals surface area contributed by atoms with E-state index in [1.54, 1.807) is 11.3 Å². The van der Waals surface area contributed by atoms with E-state index in [1.165, 1.54) is 34.4 Å². The largest absolute Gasteiger partial charge is 0.338 e. The quantitative estimate of drug-likeness (QED) is 0.832. The third-order valence-corrected chi connectivity index (χ3v) is 7.46. The summed E-state index contributed by atoms with van der Waals surface area (Å²) in [4.78, 5) is 17.4. The highest BCUT2D eigenvalue weighted by molar-refractivity contribution is 7.17. The maximum atomic E-state index is 13.1. The molecule has 3 nitrogen and oxygen atoms in total. The maximum Gasteiger partial charge on any atom is 0.263 e. The first kappa shape index (κ1) is 18.0. The van der Waals surface area contributed by atoms with Crippen LogP contribution in [0.4, 0.5) is 0 Å². The second-order valence-corrected chi connectivity index (χ2v) is 8.85. The Kier molecular flexibility index (Phi) is 4.84. The number of benzene rings is 1. The van der Waals surface area contributed by atoms with Crippen LogP contribution in [0.1, 0.15) is 46.5 Å². The Labute approximate surface area is 165 Å². The third kappa shape index (κ3) is 2.98. The molecule has 5 heteroatoms. The Bertz CT molecular complexity index is 821. The molecular formula is C21H25ClN2OS. The first-order valence-electron chi connectivity index (χ1n) is 9.43. The number of thiophene rings is 1. The van der Waals surface area contributed by atoms with Crippen molar-refractivity contribution in [3.63, 3.8) is 0 Å². The van der Waals surface area contributed by atoms with E-state index in [9.17, 15) is 4.79 Å². The predicted molar refractivity (Wildman–Crippen MR) is 109 cm³/mol. The van der Waals surface area contributed by atoms with Crippen LogP contribution in [0.2, 0.25) is 0 Å². The zero-order valence-electron chi connectivity index (χ0n) is 15.0. The molecule has 3 heterocycles. The molecule has 1 aromatic carbocycles. The van der Waals surface area contributed by atoms with E-state index >= 15 is 0 Å².